The van der Waals surface area contributed by atoms with Crippen molar-refractivity contribution in [1.82, 2.24) is 15.1 Å². The molecule has 0 unspecified atom stereocenters. The molecule has 0 aromatic heterocycles. The molecule has 0 saturated carbocycles. The maximum atomic E-state index is 12.1. The molecule has 7 nitrogen and oxygen atoms in total. The van der Waals surface area contributed by atoms with Crippen LogP contribution in [0.1, 0.15) is 20.3 Å². The van der Waals surface area contributed by atoms with Gasteiger partial charge in [0.1, 0.15) is 18.2 Å². The number of nitrogens with zero attached hydrogens (tertiary/aromatic N) is 2. The summed E-state index contributed by atoms with van der Waals surface area (Å²) in [5.41, 5.74) is -0.802. The van der Waals surface area contributed by atoms with Crippen LogP contribution >= 0.6 is 0 Å². The number of rotatable bonds is 6. The highest BCUT2D eigenvalue weighted by Crippen LogP contribution is 2.30. The second-order valence-electron chi connectivity index (χ2n) is 7.13. The summed E-state index contributed by atoms with van der Waals surface area (Å²) in [5, 5.41) is 2.69. The van der Waals surface area contributed by atoms with Crippen molar-refractivity contribution in [1.29, 1.82) is 0 Å². The van der Waals surface area contributed by atoms with Gasteiger partial charge < -0.3 is 19.7 Å². The van der Waals surface area contributed by atoms with E-state index in [4.69, 9.17) is 9.47 Å². The molecule has 1 aromatic rings. The molecular weight excluding hydrogens is 322 g/mol. The number of fused-ring (bicyclic) bond motifs is 1. The normalized spacial score (nSPS) is 21.6. The Morgan fingerprint density at radius 3 is 2.68 bits per heavy atom. The Labute approximate surface area is 147 Å². The van der Waals surface area contributed by atoms with Crippen LogP contribution in [0.2, 0.25) is 0 Å². The van der Waals surface area contributed by atoms with Crippen LogP contribution in [-0.4, -0.2) is 66.7 Å². The molecule has 3 amide bonds. The van der Waals surface area contributed by atoms with E-state index in [1.165, 1.54) is 4.90 Å². The minimum atomic E-state index is -0.802. The monoisotopic (exact) mass is 347 g/mol. The number of nitrogens with one attached hydrogen (secondary N) is 1. The largest absolute Gasteiger partial charge is 0.486 e. The number of urea groups is 1. The molecule has 3 rings (SSSR count). The number of carbonyl (C=O) groups is 2. The Kier molecular flexibility index (Phi) is 4.85. The minimum Gasteiger partial charge on any atom is -0.486 e. The molecule has 7 heteroatoms. The van der Waals surface area contributed by atoms with Crippen LogP contribution in [0.5, 0.6) is 11.5 Å². The van der Waals surface area contributed by atoms with Gasteiger partial charge in [0.15, 0.2) is 11.5 Å². The summed E-state index contributed by atoms with van der Waals surface area (Å²) < 4.78 is 11.7. The van der Waals surface area contributed by atoms with Gasteiger partial charge >= 0.3 is 6.03 Å². The molecule has 0 aliphatic carbocycles. The Bertz CT molecular complexity index is 661. The lowest BCUT2D eigenvalue weighted by Gasteiger charge is -2.29. The van der Waals surface area contributed by atoms with E-state index in [0.717, 1.165) is 31.0 Å². The van der Waals surface area contributed by atoms with Gasteiger partial charge in [-0.1, -0.05) is 12.1 Å². The number of hydrogen-bond donors (Lipinski definition) is 1. The molecule has 1 saturated heterocycles. The van der Waals surface area contributed by atoms with Gasteiger partial charge in [-0.2, -0.15) is 0 Å². The lowest BCUT2D eigenvalue weighted by Crippen LogP contribution is -2.41. The Hall–Kier alpha value is -2.28. The van der Waals surface area contributed by atoms with Crippen molar-refractivity contribution in [2.45, 2.75) is 31.9 Å². The molecule has 0 spiro atoms. The molecule has 0 radical (unpaired) electrons. The summed E-state index contributed by atoms with van der Waals surface area (Å²) in [4.78, 5) is 27.4. The molecule has 0 bridgehead atoms. The molecule has 1 N–H and O–H groups in total. The van der Waals surface area contributed by atoms with Crippen LogP contribution in [0, 0.1) is 0 Å². The first-order valence-corrected chi connectivity index (χ1v) is 8.58. The highest BCUT2D eigenvalue weighted by molar-refractivity contribution is 6.06. The lowest BCUT2D eigenvalue weighted by atomic mass is 10.1. The Balaban J connectivity index is 1.43. The number of imide groups is 1. The summed E-state index contributed by atoms with van der Waals surface area (Å²) in [5.74, 6) is 1.39. The van der Waals surface area contributed by atoms with E-state index in [9.17, 15) is 9.59 Å². The van der Waals surface area contributed by atoms with E-state index in [0.29, 0.717) is 13.2 Å². The smallest absolute Gasteiger partial charge is 0.325 e. The quantitative estimate of drug-likeness (QED) is 0.789. The van der Waals surface area contributed by atoms with E-state index in [-0.39, 0.29) is 18.0 Å². The lowest BCUT2D eigenvalue weighted by molar-refractivity contribution is -0.130. The molecular formula is C18H25N3O4. The molecule has 1 aromatic carbocycles. The number of carbonyl (C=O) groups excluding carboxylic acids is 2. The van der Waals surface area contributed by atoms with Crippen molar-refractivity contribution in [3.05, 3.63) is 24.3 Å². The van der Waals surface area contributed by atoms with Crippen molar-refractivity contribution in [3.8, 4) is 11.5 Å². The minimum absolute atomic E-state index is 0.0319. The fourth-order valence-electron chi connectivity index (χ4n) is 3.11. The molecule has 2 aliphatic rings. The van der Waals surface area contributed by atoms with E-state index in [1.807, 2.05) is 31.3 Å². The zero-order chi connectivity index (χ0) is 18.0. The van der Waals surface area contributed by atoms with E-state index < -0.39 is 5.54 Å². The van der Waals surface area contributed by atoms with Crippen molar-refractivity contribution < 1.29 is 19.1 Å². The van der Waals surface area contributed by atoms with Gasteiger partial charge in [-0.05, 0) is 46.0 Å². The summed E-state index contributed by atoms with van der Waals surface area (Å²) in [6.45, 7) is 5.86. The third kappa shape index (κ3) is 3.87. The molecule has 1 fully saturated rings. The topological polar surface area (TPSA) is 71.1 Å². The number of hydrogen-bond acceptors (Lipinski definition) is 5. The number of para-hydroxylation sites is 2. The van der Waals surface area contributed by atoms with Crippen LogP contribution in [0.4, 0.5) is 4.79 Å². The van der Waals surface area contributed by atoms with Crippen LogP contribution in [0.15, 0.2) is 24.3 Å². The first-order valence-electron chi connectivity index (χ1n) is 8.58. The van der Waals surface area contributed by atoms with E-state index >= 15 is 0 Å². The van der Waals surface area contributed by atoms with Crippen LogP contribution < -0.4 is 14.8 Å². The van der Waals surface area contributed by atoms with Crippen molar-refractivity contribution >= 4 is 11.9 Å². The maximum Gasteiger partial charge on any atom is 0.325 e. The van der Waals surface area contributed by atoms with Gasteiger partial charge in [-0.15, -0.1) is 0 Å². The fourth-order valence-corrected chi connectivity index (χ4v) is 3.11. The number of amides is 3. The zero-order valence-corrected chi connectivity index (χ0v) is 14.9. The van der Waals surface area contributed by atoms with E-state index in [2.05, 4.69) is 10.2 Å². The second kappa shape index (κ2) is 6.92. The molecule has 136 valence electrons. The highest BCUT2D eigenvalue weighted by Gasteiger charge is 2.43. The third-order valence-electron chi connectivity index (χ3n) is 4.45. The standard InChI is InChI=1S/C18H25N3O4/c1-18(2)16(22)21(17(23)19-18)10-6-9-20(3)11-13-12-24-14-7-4-5-8-15(14)25-13/h4-5,7-8,13H,6,9-12H2,1-3H3,(H,19,23)/t13-/m1/s1. The predicted octanol–water partition coefficient (Wildman–Crippen LogP) is 1.48. The van der Waals surface area contributed by atoms with Crippen LogP contribution in [0.25, 0.3) is 0 Å². The Morgan fingerprint density at radius 1 is 1.28 bits per heavy atom. The predicted molar refractivity (Wildman–Crippen MR) is 92.8 cm³/mol. The molecule has 2 aliphatic heterocycles. The van der Waals surface area contributed by atoms with Crippen molar-refractivity contribution in [2.75, 3.05) is 33.3 Å². The first kappa shape index (κ1) is 17.5. The SMILES string of the molecule is CN(CCCN1C(=O)NC(C)(C)C1=O)C[C@@H]1COc2ccccc2O1. The van der Waals surface area contributed by atoms with Gasteiger partial charge in [0, 0.05) is 13.1 Å². The molecule has 1 atom stereocenters. The van der Waals surface area contributed by atoms with Crippen LogP contribution in [0.3, 0.4) is 0 Å². The van der Waals surface area contributed by atoms with Gasteiger partial charge in [-0.25, -0.2) is 4.79 Å². The fraction of sp³-hybridized carbons (Fsp3) is 0.556. The summed E-state index contributed by atoms with van der Waals surface area (Å²) in [6.07, 6.45) is 0.686. The number of benzene rings is 1. The van der Waals surface area contributed by atoms with Gasteiger partial charge in [0.2, 0.25) is 0 Å². The van der Waals surface area contributed by atoms with Crippen molar-refractivity contribution in [3.63, 3.8) is 0 Å². The summed E-state index contributed by atoms with van der Waals surface area (Å²) >= 11 is 0. The van der Waals surface area contributed by atoms with Crippen LogP contribution in [-0.2, 0) is 4.79 Å². The number of likely N-dealkylation sites (N-methyl/N-ethyl adjacent to an activating group) is 1. The first-order chi connectivity index (χ1) is 11.9. The third-order valence-corrected chi connectivity index (χ3v) is 4.45. The number of ether oxygens (including phenoxy) is 2. The summed E-state index contributed by atoms with van der Waals surface area (Å²) in [6, 6.07) is 7.34. The highest BCUT2D eigenvalue weighted by atomic mass is 16.6. The van der Waals surface area contributed by atoms with Gasteiger partial charge in [-0.3, -0.25) is 9.69 Å². The second-order valence-corrected chi connectivity index (χ2v) is 7.13. The zero-order valence-electron chi connectivity index (χ0n) is 14.9. The average molecular weight is 347 g/mol. The molecule has 25 heavy (non-hydrogen) atoms. The van der Waals surface area contributed by atoms with E-state index in [1.54, 1.807) is 13.8 Å². The molecule has 2 heterocycles. The Morgan fingerprint density at radius 2 is 2.00 bits per heavy atom. The van der Waals surface area contributed by atoms with Gasteiger partial charge in [0.05, 0.1) is 0 Å². The van der Waals surface area contributed by atoms with Gasteiger partial charge in [0.25, 0.3) is 5.91 Å². The van der Waals surface area contributed by atoms with Crippen molar-refractivity contribution in [2.24, 2.45) is 0 Å². The average Bonchev–Trinajstić information content (AvgIpc) is 2.76. The maximum absolute atomic E-state index is 12.1. The summed E-state index contributed by atoms with van der Waals surface area (Å²) in [7, 11) is 2.00.